The lowest BCUT2D eigenvalue weighted by Crippen LogP contribution is -2.22. The van der Waals surface area contributed by atoms with Crippen LogP contribution < -0.4 is 4.74 Å². The molecule has 0 spiro atoms. The second-order valence-corrected chi connectivity index (χ2v) is 6.86. The van der Waals surface area contributed by atoms with Crippen molar-refractivity contribution < 1.29 is 22.7 Å². The Morgan fingerprint density at radius 1 is 1.39 bits per heavy atom. The first-order valence-electron chi connectivity index (χ1n) is 6.61. The van der Waals surface area contributed by atoms with Crippen molar-refractivity contribution in [2.45, 2.75) is 17.9 Å². The van der Waals surface area contributed by atoms with Gasteiger partial charge in [0.25, 0.3) is 0 Å². The van der Waals surface area contributed by atoms with Gasteiger partial charge in [-0.3, -0.25) is 0 Å². The van der Waals surface area contributed by atoms with Crippen molar-refractivity contribution in [2.75, 3.05) is 21.2 Å². The molecule has 7 nitrogen and oxygen atoms in total. The number of esters is 1. The number of nitrogens with zero attached hydrogens (tertiary/aromatic N) is 2. The second-order valence-electron chi connectivity index (χ2n) is 4.74. The van der Waals surface area contributed by atoms with Gasteiger partial charge >= 0.3 is 5.97 Å². The molecule has 124 valence electrons. The van der Waals surface area contributed by atoms with Crippen molar-refractivity contribution >= 4 is 22.1 Å². The lowest BCUT2D eigenvalue weighted by Gasteiger charge is -2.14. The maximum atomic E-state index is 12.3. The van der Waals surface area contributed by atoms with Crippen LogP contribution in [-0.2, 0) is 19.6 Å². The van der Waals surface area contributed by atoms with Crippen LogP contribution in [-0.4, -0.2) is 46.0 Å². The standard InChI is InChI=1S/C15H18N2O5S/c1-11(10-16)22-15(18)8-6-12-5-7-13(21-4)14(9-12)23(19,20)17(2)3/h5-9,11H,1-4H3/b8-6+/t11-/m0/s1. The minimum atomic E-state index is -3.69. The number of methoxy groups -OCH3 is 1. The average Bonchev–Trinajstić information content (AvgIpc) is 2.52. The van der Waals surface area contributed by atoms with E-state index in [-0.39, 0.29) is 10.6 Å². The summed E-state index contributed by atoms with van der Waals surface area (Å²) in [5.74, 6) is -0.483. The molecule has 0 saturated heterocycles. The van der Waals surface area contributed by atoms with Crippen LogP contribution in [0.4, 0.5) is 0 Å². The fourth-order valence-electron chi connectivity index (χ4n) is 1.60. The number of rotatable bonds is 6. The van der Waals surface area contributed by atoms with Gasteiger partial charge in [0.15, 0.2) is 6.10 Å². The number of nitriles is 1. The zero-order valence-corrected chi connectivity index (χ0v) is 14.1. The van der Waals surface area contributed by atoms with Gasteiger partial charge in [0.1, 0.15) is 16.7 Å². The Labute approximate surface area is 135 Å². The Hall–Kier alpha value is -2.37. The zero-order chi connectivity index (χ0) is 17.6. The highest BCUT2D eigenvalue weighted by Gasteiger charge is 2.22. The SMILES string of the molecule is COc1ccc(/C=C/C(=O)O[C@@H](C)C#N)cc1S(=O)(=O)N(C)C. The molecule has 0 aliphatic carbocycles. The molecule has 1 aromatic rings. The fraction of sp³-hybridized carbons (Fsp3) is 0.333. The molecule has 0 unspecified atom stereocenters. The van der Waals surface area contributed by atoms with Gasteiger partial charge in [-0.25, -0.2) is 17.5 Å². The lowest BCUT2D eigenvalue weighted by atomic mass is 10.2. The van der Waals surface area contributed by atoms with Gasteiger partial charge in [0.05, 0.1) is 7.11 Å². The van der Waals surface area contributed by atoms with E-state index in [0.29, 0.717) is 5.56 Å². The van der Waals surface area contributed by atoms with Crippen LogP contribution in [0.3, 0.4) is 0 Å². The first kappa shape index (κ1) is 18.7. The molecule has 1 rings (SSSR count). The first-order chi connectivity index (χ1) is 10.7. The summed E-state index contributed by atoms with van der Waals surface area (Å²) in [4.78, 5) is 11.5. The van der Waals surface area contributed by atoms with Crippen molar-refractivity contribution in [3.63, 3.8) is 0 Å². The van der Waals surface area contributed by atoms with Crippen LogP contribution >= 0.6 is 0 Å². The smallest absolute Gasteiger partial charge is 0.332 e. The van der Waals surface area contributed by atoms with Crippen LogP contribution in [0.15, 0.2) is 29.2 Å². The van der Waals surface area contributed by atoms with Gasteiger partial charge in [-0.2, -0.15) is 5.26 Å². The second kappa shape index (κ2) is 7.76. The quantitative estimate of drug-likeness (QED) is 0.575. The van der Waals surface area contributed by atoms with E-state index in [4.69, 9.17) is 14.7 Å². The summed E-state index contributed by atoms with van der Waals surface area (Å²) in [6.45, 7) is 1.45. The van der Waals surface area contributed by atoms with Crippen LogP contribution in [0.25, 0.3) is 6.08 Å². The van der Waals surface area contributed by atoms with E-state index in [1.807, 2.05) is 0 Å². The molecule has 1 atom stereocenters. The number of hydrogen-bond donors (Lipinski definition) is 0. The molecule has 0 heterocycles. The van der Waals surface area contributed by atoms with Crippen molar-refractivity contribution in [1.82, 2.24) is 4.31 Å². The first-order valence-corrected chi connectivity index (χ1v) is 8.05. The summed E-state index contributed by atoms with van der Waals surface area (Å²) in [5.41, 5.74) is 0.479. The monoisotopic (exact) mass is 338 g/mol. The summed E-state index contributed by atoms with van der Waals surface area (Å²) in [6, 6.07) is 6.27. The van der Waals surface area contributed by atoms with Gasteiger partial charge in [-0.15, -0.1) is 0 Å². The molecule has 0 radical (unpaired) electrons. The van der Waals surface area contributed by atoms with E-state index >= 15 is 0 Å². The highest BCUT2D eigenvalue weighted by Crippen LogP contribution is 2.27. The summed E-state index contributed by atoms with van der Waals surface area (Å²) in [7, 11) is 0.516. The lowest BCUT2D eigenvalue weighted by molar-refractivity contribution is -0.139. The third kappa shape index (κ3) is 4.81. The molecule has 0 bridgehead atoms. The molecule has 0 N–H and O–H groups in total. The third-order valence-corrected chi connectivity index (χ3v) is 4.67. The molecule has 23 heavy (non-hydrogen) atoms. The summed E-state index contributed by atoms with van der Waals surface area (Å²) < 4.78 is 35.5. The molecule has 0 fully saturated rings. The highest BCUT2D eigenvalue weighted by molar-refractivity contribution is 7.89. The van der Waals surface area contributed by atoms with Crippen LogP contribution in [0, 0.1) is 11.3 Å². The maximum absolute atomic E-state index is 12.3. The number of carbonyl (C=O) groups is 1. The van der Waals surface area contributed by atoms with E-state index < -0.39 is 22.1 Å². The van der Waals surface area contributed by atoms with Crippen molar-refractivity contribution in [3.05, 3.63) is 29.8 Å². The number of carbonyl (C=O) groups excluding carboxylic acids is 1. The molecular formula is C15H18N2O5S. The predicted octanol–water partition coefficient (Wildman–Crippen LogP) is 1.41. The molecule has 0 aliphatic rings. The third-order valence-electron chi connectivity index (χ3n) is 2.83. The Bertz CT molecular complexity index is 748. The van der Waals surface area contributed by atoms with E-state index in [2.05, 4.69) is 0 Å². The normalized spacial score (nSPS) is 12.9. The highest BCUT2D eigenvalue weighted by atomic mass is 32.2. The Kier molecular flexibility index (Phi) is 6.30. The Morgan fingerprint density at radius 3 is 2.57 bits per heavy atom. The Morgan fingerprint density at radius 2 is 2.04 bits per heavy atom. The molecule has 8 heteroatoms. The van der Waals surface area contributed by atoms with Crippen molar-refractivity contribution in [3.8, 4) is 11.8 Å². The molecular weight excluding hydrogens is 320 g/mol. The number of hydrogen-bond acceptors (Lipinski definition) is 6. The molecule has 0 aromatic heterocycles. The van der Waals surface area contributed by atoms with E-state index in [1.54, 1.807) is 12.1 Å². The van der Waals surface area contributed by atoms with Gasteiger partial charge in [-0.05, 0) is 30.7 Å². The molecule has 0 aliphatic heterocycles. The summed E-state index contributed by atoms with van der Waals surface area (Å²) in [5, 5.41) is 8.57. The van der Waals surface area contributed by atoms with E-state index in [9.17, 15) is 13.2 Å². The summed E-state index contributed by atoms with van der Waals surface area (Å²) in [6.07, 6.45) is 1.68. The van der Waals surface area contributed by atoms with E-state index in [0.717, 1.165) is 10.4 Å². The Balaban J connectivity index is 3.13. The minimum absolute atomic E-state index is 0.00842. The maximum Gasteiger partial charge on any atom is 0.332 e. The largest absolute Gasteiger partial charge is 0.495 e. The van der Waals surface area contributed by atoms with Crippen molar-refractivity contribution in [2.24, 2.45) is 0 Å². The van der Waals surface area contributed by atoms with Gasteiger partial charge in [-0.1, -0.05) is 6.07 Å². The molecule has 1 aromatic carbocycles. The van der Waals surface area contributed by atoms with Crippen LogP contribution in [0.5, 0.6) is 5.75 Å². The predicted molar refractivity (Wildman–Crippen MR) is 84.1 cm³/mol. The molecule has 0 amide bonds. The summed E-state index contributed by atoms with van der Waals surface area (Å²) >= 11 is 0. The topological polar surface area (TPSA) is 96.7 Å². The number of sulfonamides is 1. The van der Waals surface area contributed by atoms with Crippen LogP contribution in [0.2, 0.25) is 0 Å². The molecule has 0 saturated carbocycles. The number of ether oxygens (including phenoxy) is 2. The fourth-order valence-corrected chi connectivity index (χ4v) is 2.68. The number of benzene rings is 1. The van der Waals surface area contributed by atoms with Gasteiger partial charge < -0.3 is 9.47 Å². The van der Waals surface area contributed by atoms with Gasteiger partial charge in [0, 0.05) is 20.2 Å². The average molecular weight is 338 g/mol. The minimum Gasteiger partial charge on any atom is -0.495 e. The van der Waals surface area contributed by atoms with Gasteiger partial charge in [0.2, 0.25) is 10.0 Å². The zero-order valence-electron chi connectivity index (χ0n) is 13.3. The van der Waals surface area contributed by atoms with Crippen LogP contribution in [0.1, 0.15) is 12.5 Å². The van der Waals surface area contributed by atoms with E-state index in [1.165, 1.54) is 46.3 Å². The van der Waals surface area contributed by atoms with Crippen molar-refractivity contribution in [1.29, 1.82) is 5.26 Å².